The van der Waals surface area contributed by atoms with Crippen LogP contribution in [0, 0.1) is 17.6 Å². The number of hydrogen-bond acceptors (Lipinski definition) is 2. The van der Waals surface area contributed by atoms with Crippen LogP contribution >= 0.6 is 0 Å². The lowest BCUT2D eigenvalue weighted by atomic mass is 9.77. The summed E-state index contributed by atoms with van der Waals surface area (Å²) in [5, 5.41) is 0.995. The van der Waals surface area contributed by atoms with E-state index in [0.29, 0.717) is 17.3 Å². The van der Waals surface area contributed by atoms with Gasteiger partial charge in [0.15, 0.2) is 17.5 Å². The molecular formula is C23H24F2N2. The molecule has 0 atom stereocenters. The first-order valence-corrected chi connectivity index (χ1v) is 9.86. The molecule has 1 aliphatic rings. The Morgan fingerprint density at radius 1 is 0.963 bits per heavy atom. The van der Waals surface area contributed by atoms with Crippen molar-refractivity contribution in [2.24, 2.45) is 5.92 Å². The molecule has 1 aromatic heterocycles. The van der Waals surface area contributed by atoms with E-state index in [1.165, 1.54) is 50.2 Å². The van der Waals surface area contributed by atoms with Crippen LogP contribution in [0.4, 0.5) is 8.78 Å². The van der Waals surface area contributed by atoms with Gasteiger partial charge in [-0.05, 0) is 73.4 Å². The fraction of sp³-hybridized carbons (Fsp3) is 0.391. The molecule has 0 radical (unpaired) electrons. The zero-order valence-electron chi connectivity index (χ0n) is 15.6. The number of halogens is 2. The van der Waals surface area contributed by atoms with Gasteiger partial charge in [-0.25, -0.2) is 18.7 Å². The molecule has 3 aromatic rings. The maximum atomic E-state index is 13.5. The predicted octanol–water partition coefficient (Wildman–Crippen LogP) is 6.65. The lowest BCUT2D eigenvalue weighted by Crippen LogP contribution is -2.13. The standard InChI is InChI=1S/C23H24F2N2/c1-2-3-15-4-6-16(7-5-15)17-9-11-22-19(12-17)14-26-23(27-22)18-8-10-20(24)21(25)13-18/h8-16H,2-7H2,1H3. The van der Waals surface area contributed by atoms with Crippen molar-refractivity contribution in [2.75, 3.05) is 0 Å². The second kappa shape index (κ2) is 7.71. The molecular weight excluding hydrogens is 342 g/mol. The minimum absolute atomic E-state index is 0.411. The average molecular weight is 366 g/mol. The SMILES string of the molecule is CCCC1CCC(c2ccc3nc(-c4ccc(F)c(F)c4)ncc3c2)CC1. The van der Waals surface area contributed by atoms with Crippen LogP contribution in [0.25, 0.3) is 22.3 Å². The molecule has 0 saturated heterocycles. The smallest absolute Gasteiger partial charge is 0.159 e. The molecule has 140 valence electrons. The first-order chi connectivity index (χ1) is 13.1. The fourth-order valence-electron chi connectivity index (χ4n) is 4.27. The number of rotatable bonds is 4. The van der Waals surface area contributed by atoms with E-state index in [2.05, 4.69) is 29.0 Å². The number of nitrogens with zero attached hydrogens (tertiary/aromatic N) is 2. The average Bonchev–Trinajstić information content (AvgIpc) is 2.70. The van der Waals surface area contributed by atoms with Gasteiger partial charge in [0.1, 0.15) is 0 Å². The third-order valence-corrected chi connectivity index (χ3v) is 5.80. The topological polar surface area (TPSA) is 25.8 Å². The van der Waals surface area contributed by atoms with E-state index in [1.807, 2.05) is 6.07 Å². The highest BCUT2D eigenvalue weighted by atomic mass is 19.2. The first kappa shape index (κ1) is 18.0. The van der Waals surface area contributed by atoms with E-state index in [1.54, 1.807) is 6.20 Å². The van der Waals surface area contributed by atoms with E-state index in [-0.39, 0.29) is 0 Å². The monoisotopic (exact) mass is 366 g/mol. The number of aromatic nitrogens is 2. The van der Waals surface area contributed by atoms with Crippen LogP contribution in [-0.2, 0) is 0 Å². The Labute approximate surface area is 158 Å². The highest BCUT2D eigenvalue weighted by Crippen LogP contribution is 2.38. The van der Waals surface area contributed by atoms with E-state index >= 15 is 0 Å². The molecule has 1 heterocycles. The van der Waals surface area contributed by atoms with Crippen LogP contribution in [0.2, 0.25) is 0 Å². The normalized spacial score (nSPS) is 20.1. The lowest BCUT2D eigenvalue weighted by Gasteiger charge is -2.28. The van der Waals surface area contributed by atoms with Crippen LogP contribution in [-0.4, -0.2) is 9.97 Å². The molecule has 2 aromatic carbocycles. The maximum absolute atomic E-state index is 13.5. The molecule has 0 amide bonds. The van der Waals surface area contributed by atoms with Gasteiger partial charge in [-0.1, -0.05) is 25.8 Å². The molecule has 1 saturated carbocycles. The molecule has 4 heteroatoms. The van der Waals surface area contributed by atoms with Gasteiger partial charge in [0.2, 0.25) is 0 Å². The number of benzene rings is 2. The molecule has 0 unspecified atom stereocenters. The molecule has 0 bridgehead atoms. The highest BCUT2D eigenvalue weighted by molar-refractivity contribution is 5.80. The number of hydrogen-bond donors (Lipinski definition) is 0. The van der Waals surface area contributed by atoms with Gasteiger partial charge in [0, 0.05) is 17.1 Å². The Hall–Kier alpha value is -2.36. The third-order valence-electron chi connectivity index (χ3n) is 5.80. The minimum atomic E-state index is -0.884. The van der Waals surface area contributed by atoms with Crippen molar-refractivity contribution in [2.45, 2.75) is 51.4 Å². The number of fused-ring (bicyclic) bond motifs is 1. The molecule has 2 nitrogen and oxygen atoms in total. The fourth-order valence-corrected chi connectivity index (χ4v) is 4.27. The lowest BCUT2D eigenvalue weighted by molar-refractivity contribution is 0.308. The van der Waals surface area contributed by atoms with Gasteiger partial charge in [-0.2, -0.15) is 0 Å². The first-order valence-electron chi connectivity index (χ1n) is 9.86. The van der Waals surface area contributed by atoms with Crippen molar-refractivity contribution < 1.29 is 8.78 Å². The summed E-state index contributed by atoms with van der Waals surface area (Å²) in [6, 6.07) is 10.1. The summed E-state index contributed by atoms with van der Waals surface area (Å²) in [6.45, 7) is 2.27. The zero-order chi connectivity index (χ0) is 18.8. The molecule has 0 N–H and O–H groups in total. The summed E-state index contributed by atoms with van der Waals surface area (Å²) in [6.07, 6.45) is 9.57. The Bertz CT molecular complexity index is 946. The minimum Gasteiger partial charge on any atom is -0.236 e. The van der Waals surface area contributed by atoms with E-state index < -0.39 is 11.6 Å². The molecule has 0 aliphatic heterocycles. The summed E-state index contributed by atoms with van der Waals surface area (Å²) in [5.74, 6) is 0.180. The van der Waals surface area contributed by atoms with Crippen molar-refractivity contribution in [3.8, 4) is 11.4 Å². The molecule has 27 heavy (non-hydrogen) atoms. The second-order valence-electron chi connectivity index (χ2n) is 7.65. The largest absolute Gasteiger partial charge is 0.236 e. The van der Waals surface area contributed by atoms with Crippen LogP contribution < -0.4 is 0 Å². The van der Waals surface area contributed by atoms with Gasteiger partial charge in [-0.3, -0.25) is 0 Å². The summed E-state index contributed by atoms with van der Waals surface area (Å²) in [5.41, 5.74) is 2.67. The van der Waals surface area contributed by atoms with Crippen molar-refractivity contribution in [1.82, 2.24) is 9.97 Å². The van der Waals surface area contributed by atoms with Crippen molar-refractivity contribution in [1.29, 1.82) is 0 Å². The van der Waals surface area contributed by atoms with Crippen LogP contribution in [0.1, 0.15) is 56.9 Å². The molecule has 1 fully saturated rings. The van der Waals surface area contributed by atoms with Crippen molar-refractivity contribution >= 4 is 10.9 Å². The van der Waals surface area contributed by atoms with Gasteiger partial charge >= 0.3 is 0 Å². The van der Waals surface area contributed by atoms with Gasteiger partial charge in [0.25, 0.3) is 0 Å². The van der Waals surface area contributed by atoms with E-state index in [4.69, 9.17) is 0 Å². The summed E-state index contributed by atoms with van der Waals surface area (Å²) >= 11 is 0. The van der Waals surface area contributed by atoms with Crippen LogP contribution in [0.15, 0.2) is 42.6 Å². The van der Waals surface area contributed by atoms with E-state index in [0.717, 1.165) is 29.0 Å². The van der Waals surface area contributed by atoms with Crippen molar-refractivity contribution in [3.05, 3.63) is 59.8 Å². The summed E-state index contributed by atoms with van der Waals surface area (Å²) in [4.78, 5) is 8.91. The van der Waals surface area contributed by atoms with Gasteiger partial charge < -0.3 is 0 Å². The Balaban J connectivity index is 1.56. The van der Waals surface area contributed by atoms with Gasteiger partial charge in [0.05, 0.1) is 5.52 Å². The predicted molar refractivity (Wildman–Crippen MR) is 104 cm³/mol. The van der Waals surface area contributed by atoms with E-state index in [9.17, 15) is 8.78 Å². The Morgan fingerprint density at radius 2 is 1.78 bits per heavy atom. The Morgan fingerprint density at radius 3 is 2.52 bits per heavy atom. The van der Waals surface area contributed by atoms with Crippen LogP contribution in [0.3, 0.4) is 0 Å². The molecule has 4 rings (SSSR count). The summed E-state index contributed by atoms with van der Waals surface area (Å²) < 4.78 is 26.6. The quantitative estimate of drug-likeness (QED) is 0.517. The summed E-state index contributed by atoms with van der Waals surface area (Å²) in [7, 11) is 0. The highest BCUT2D eigenvalue weighted by Gasteiger charge is 2.22. The van der Waals surface area contributed by atoms with Crippen LogP contribution in [0.5, 0.6) is 0 Å². The zero-order valence-corrected chi connectivity index (χ0v) is 15.6. The van der Waals surface area contributed by atoms with Crippen molar-refractivity contribution in [3.63, 3.8) is 0 Å². The molecule has 1 aliphatic carbocycles. The Kier molecular flexibility index (Phi) is 5.15. The van der Waals surface area contributed by atoms with Gasteiger partial charge in [-0.15, -0.1) is 0 Å². The third kappa shape index (κ3) is 3.85. The molecule has 0 spiro atoms. The maximum Gasteiger partial charge on any atom is 0.159 e. The second-order valence-corrected chi connectivity index (χ2v) is 7.65.